The zero-order valence-electron chi connectivity index (χ0n) is 16.8. The van der Waals surface area contributed by atoms with Crippen LogP contribution in [0.1, 0.15) is 25.5 Å². The highest BCUT2D eigenvalue weighted by Gasteiger charge is 2.29. The molecule has 156 valence electrons. The molecule has 7 nitrogen and oxygen atoms in total. The number of rotatable bonds is 7. The van der Waals surface area contributed by atoms with Crippen molar-refractivity contribution < 1.29 is 8.42 Å². The van der Waals surface area contributed by atoms with Gasteiger partial charge in [0.25, 0.3) is 0 Å². The molecule has 1 aromatic heterocycles. The maximum absolute atomic E-state index is 12.7. The van der Waals surface area contributed by atoms with Gasteiger partial charge >= 0.3 is 0 Å². The molecule has 0 radical (unpaired) electrons. The molecule has 3 rings (SSSR count). The molecule has 0 saturated carbocycles. The summed E-state index contributed by atoms with van der Waals surface area (Å²) in [4.78, 5) is 9.25. The van der Waals surface area contributed by atoms with Crippen molar-refractivity contribution in [1.29, 1.82) is 0 Å². The van der Waals surface area contributed by atoms with Gasteiger partial charge in [-0.15, -0.1) is 0 Å². The Morgan fingerprint density at radius 1 is 1.10 bits per heavy atom. The molecule has 1 aromatic carbocycles. The highest BCUT2D eigenvalue weighted by atomic mass is 32.2. The van der Waals surface area contributed by atoms with Crippen LogP contribution in [0.3, 0.4) is 0 Å². The zero-order chi connectivity index (χ0) is 20.5. The van der Waals surface area contributed by atoms with Gasteiger partial charge in [-0.2, -0.15) is 4.31 Å². The Labute approximate surface area is 173 Å². The normalized spacial score (nSPS) is 16.5. The minimum atomic E-state index is -3.39. The summed E-state index contributed by atoms with van der Waals surface area (Å²) in [5.41, 5.74) is 0.920. The maximum Gasteiger partial charge on any atom is 0.243 e. The topological polar surface area (TPSA) is 86.7 Å². The van der Waals surface area contributed by atoms with Crippen LogP contribution in [0.15, 0.2) is 64.6 Å². The van der Waals surface area contributed by atoms with Gasteiger partial charge in [0.2, 0.25) is 10.0 Å². The number of guanidine groups is 1. The summed E-state index contributed by atoms with van der Waals surface area (Å²) in [5, 5.41) is 6.64. The summed E-state index contributed by atoms with van der Waals surface area (Å²) < 4.78 is 27.1. The fraction of sp³-hybridized carbons (Fsp3) is 0.429. The minimum absolute atomic E-state index is 0.368. The van der Waals surface area contributed by atoms with E-state index in [-0.39, 0.29) is 0 Å². The summed E-state index contributed by atoms with van der Waals surface area (Å²) in [6.07, 6.45) is 3.43. The summed E-state index contributed by atoms with van der Waals surface area (Å²) >= 11 is 0. The molecule has 0 spiro atoms. The number of aromatic nitrogens is 1. The monoisotopic (exact) mass is 415 g/mol. The number of aliphatic imine (C=N–C) groups is 1. The Morgan fingerprint density at radius 2 is 1.83 bits per heavy atom. The first-order valence-corrected chi connectivity index (χ1v) is 11.5. The Kier molecular flexibility index (Phi) is 7.60. The third-order valence-electron chi connectivity index (χ3n) is 4.98. The van der Waals surface area contributed by atoms with Crippen LogP contribution in [0.4, 0.5) is 0 Å². The van der Waals surface area contributed by atoms with Gasteiger partial charge in [0.15, 0.2) is 5.96 Å². The third kappa shape index (κ3) is 6.01. The Hall–Kier alpha value is -2.45. The number of hydrogen-bond acceptors (Lipinski definition) is 4. The lowest BCUT2D eigenvalue weighted by molar-refractivity contribution is 0.273. The quantitative estimate of drug-likeness (QED) is 0.535. The van der Waals surface area contributed by atoms with Crippen LogP contribution in [0, 0.1) is 5.92 Å². The number of nitrogens with one attached hydrogen (secondary N) is 2. The van der Waals surface area contributed by atoms with Gasteiger partial charge in [0.05, 0.1) is 17.1 Å². The van der Waals surface area contributed by atoms with Crippen molar-refractivity contribution in [2.45, 2.75) is 31.2 Å². The van der Waals surface area contributed by atoms with Gasteiger partial charge in [-0.1, -0.05) is 24.3 Å². The van der Waals surface area contributed by atoms with Crippen molar-refractivity contribution in [2.75, 3.05) is 26.2 Å². The fourth-order valence-corrected chi connectivity index (χ4v) is 4.82. The molecular formula is C21H29N5O2S. The van der Waals surface area contributed by atoms with E-state index in [0.717, 1.165) is 37.6 Å². The van der Waals surface area contributed by atoms with Gasteiger partial charge in [-0.3, -0.25) is 4.98 Å². The molecule has 2 N–H and O–H groups in total. The molecule has 0 amide bonds. The lowest BCUT2D eigenvalue weighted by atomic mass is 9.98. The zero-order valence-corrected chi connectivity index (χ0v) is 17.6. The molecule has 2 heterocycles. The minimum Gasteiger partial charge on any atom is -0.357 e. The molecule has 29 heavy (non-hydrogen) atoms. The predicted molar refractivity (Wildman–Crippen MR) is 115 cm³/mol. The molecule has 1 aliphatic heterocycles. The second kappa shape index (κ2) is 10.4. The average molecular weight is 416 g/mol. The van der Waals surface area contributed by atoms with E-state index < -0.39 is 10.0 Å². The molecule has 1 saturated heterocycles. The second-order valence-electron chi connectivity index (χ2n) is 7.06. The number of sulfonamides is 1. The number of pyridine rings is 1. The highest BCUT2D eigenvalue weighted by molar-refractivity contribution is 7.89. The van der Waals surface area contributed by atoms with E-state index in [1.165, 1.54) is 0 Å². The average Bonchev–Trinajstić information content (AvgIpc) is 2.77. The van der Waals surface area contributed by atoms with Crippen LogP contribution >= 0.6 is 0 Å². The SMILES string of the molecule is CCNC(=NCc1ccccn1)NCC1CCN(S(=O)(=O)c2ccccc2)CC1. The summed E-state index contributed by atoms with van der Waals surface area (Å²) in [7, 11) is -3.39. The van der Waals surface area contributed by atoms with Gasteiger partial charge in [0.1, 0.15) is 0 Å². The van der Waals surface area contributed by atoms with Crippen LogP contribution < -0.4 is 10.6 Å². The van der Waals surface area contributed by atoms with E-state index in [1.54, 1.807) is 34.8 Å². The van der Waals surface area contributed by atoms with E-state index in [2.05, 4.69) is 20.6 Å². The molecule has 2 aromatic rings. The van der Waals surface area contributed by atoms with Crippen LogP contribution in [-0.2, 0) is 16.6 Å². The van der Waals surface area contributed by atoms with E-state index in [4.69, 9.17) is 0 Å². The molecular weight excluding hydrogens is 386 g/mol. The van der Waals surface area contributed by atoms with Crippen LogP contribution in [0.5, 0.6) is 0 Å². The smallest absolute Gasteiger partial charge is 0.243 e. The van der Waals surface area contributed by atoms with Crippen molar-refractivity contribution in [1.82, 2.24) is 19.9 Å². The fourth-order valence-electron chi connectivity index (χ4n) is 3.33. The number of piperidine rings is 1. The Morgan fingerprint density at radius 3 is 2.48 bits per heavy atom. The number of benzene rings is 1. The number of hydrogen-bond donors (Lipinski definition) is 2. The van der Waals surface area contributed by atoms with Crippen molar-refractivity contribution in [3.8, 4) is 0 Å². The van der Waals surface area contributed by atoms with Crippen molar-refractivity contribution in [2.24, 2.45) is 10.9 Å². The van der Waals surface area contributed by atoms with Crippen molar-refractivity contribution in [3.63, 3.8) is 0 Å². The predicted octanol–water partition coefficient (Wildman–Crippen LogP) is 2.24. The van der Waals surface area contributed by atoms with Gasteiger partial charge in [-0.25, -0.2) is 13.4 Å². The summed E-state index contributed by atoms with van der Waals surface area (Å²) in [6.45, 7) is 5.19. The molecule has 8 heteroatoms. The standard InChI is InChI=1S/C21H29N5O2S/c1-2-22-21(25-17-19-8-6-7-13-23-19)24-16-18-11-14-26(15-12-18)29(27,28)20-9-4-3-5-10-20/h3-10,13,18H,2,11-12,14-17H2,1H3,(H2,22,24,25). The number of nitrogens with zero attached hydrogens (tertiary/aromatic N) is 3. The molecule has 0 bridgehead atoms. The second-order valence-corrected chi connectivity index (χ2v) is 9.00. The maximum atomic E-state index is 12.7. The van der Waals surface area contributed by atoms with Crippen LogP contribution in [0.25, 0.3) is 0 Å². The van der Waals surface area contributed by atoms with Gasteiger partial charge in [-0.05, 0) is 49.9 Å². The van der Waals surface area contributed by atoms with Crippen LogP contribution in [0.2, 0.25) is 0 Å². The Bertz CT molecular complexity index is 880. The Balaban J connectivity index is 1.50. The van der Waals surface area contributed by atoms with Crippen LogP contribution in [-0.4, -0.2) is 49.8 Å². The van der Waals surface area contributed by atoms with Crippen molar-refractivity contribution in [3.05, 3.63) is 60.4 Å². The highest BCUT2D eigenvalue weighted by Crippen LogP contribution is 2.23. The summed E-state index contributed by atoms with van der Waals surface area (Å²) in [6, 6.07) is 14.5. The van der Waals surface area contributed by atoms with Gasteiger partial charge < -0.3 is 10.6 Å². The van der Waals surface area contributed by atoms with E-state index in [9.17, 15) is 8.42 Å². The van der Waals surface area contributed by atoms with E-state index >= 15 is 0 Å². The first kappa shape index (κ1) is 21.3. The molecule has 0 unspecified atom stereocenters. The van der Waals surface area contributed by atoms with E-state index in [1.807, 2.05) is 31.2 Å². The lowest BCUT2D eigenvalue weighted by Gasteiger charge is -2.31. The first-order valence-electron chi connectivity index (χ1n) is 10.1. The molecule has 1 aliphatic rings. The molecule has 1 fully saturated rings. The third-order valence-corrected chi connectivity index (χ3v) is 6.90. The summed E-state index contributed by atoms with van der Waals surface area (Å²) in [5.74, 6) is 1.17. The molecule has 0 atom stereocenters. The van der Waals surface area contributed by atoms with Gasteiger partial charge in [0, 0.05) is 32.4 Å². The lowest BCUT2D eigenvalue weighted by Crippen LogP contribution is -2.44. The first-order chi connectivity index (χ1) is 14.1. The largest absolute Gasteiger partial charge is 0.357 e. The van der Waals surface area contributed by atoms with Crippen molar-refractivity contribution >= 4 is 16.0 Å². The van der Waals surface area contributed by atoms with E-state index in [0.29, 0.717) is 30.4 Å². The molecule has 0 aliphatic carbocycles.